The number of halogens is 4. The maximum atomic E-state index is 13.5. The quantitative estimate of drug-likeness (QED) is 0.306. The van der Waals surface area contributed by atoms with E-state index in [9.17, 15) is 22.8 Å². The number of amides is 1. The number of anilines is 1. The van der Waals surface area contributed by atoms with Gasteiger partial charge in [-0.25, -0.2) is 9.78 Å². The summed E-state index contributed by atoms with van der Waals surface area (Å²) < 4.78 is 47.3. The molecule has 0 atom stereocenters. The van der Waals surface area contributed by atoms with Gasteiger partial charge in [0.25, 0.3) is 5.91 Å². The molecule has 0 saturated carbocycles. The average molecular weight is 561 g/mol. The summed E-state index contributed by atoms with van der Waals surface area (Å²) in [6, 6.07) is 12.1. The van der Waals surface area contributed by atoms with E-state index in [0.717, 1.165) is 11.6 Å². The first-order valence-electron chi connectivity index (χ1n) is 10.7. The van der Waals surface area contributed by atoms with Crippen molar-refractivity contribution in [2.45, 2.75) is 26.6 Å². The Morgan fingerprint density at radius 2 is 1.78 bits per heavy atom. The van der Waals surface area contributed by atoms with Crippen LogP contribution in [0, 0.1) is 13.8 Å². The smallest absolute Gasteiger partial charge is 0.433 e. The van der Waals surface area contributed by atoms with E-state index in [-0.39, 0.29) is 16.5 Å². The van der Waals surface area contributed by atoms with E-state index in [1.807, 2.05) is 0 Å². The standard InChI is InChI=1S/C25H20BrF3N4O3/c1-13-22(14(2)33(32-13)12-15-4-6-16(7-5-15)24(35)36-3)31-23(34)19-11-21(25(27,28)29)30-20-9-8-17(26)10-18(19)20/h4-11H,12H2,1-3H3,(H,31,34). The molecule has 0 saturated heterocycles. The van der Waals surface area contributed by atoms with Crippen molar-refractivity contribution in [3.8, 4) is 0 Å². The molecule has 7 nitrogen and oxygen atoms in total. The molecule has 36 heavy (non-hydrogen) atoms. The lowest BCUT2D eigenvalue weighted by Crippen LogP contribution is -2.17. The molecular weight excluding hydrogens is 541 g/mol. The van der Waals surface area contributed by atoms with Crippen molar-refractivity contribution < 1.29 is 27.5 Å². The highest BCUT2D eigenvalue weighted by Crippen LogP contribution is 2.32. The number of nitrogens with one attached hydrogen (secondary N) is 1. The summed E-state index contributed by atoms with van der Waals surface area (Å²) in [5, 5.41) is 7.48. The van der Waals surface area contributed by atoms with Crippen LogP contribution in [0.15, 0.2) is 53.0 Å². The number of methoxy groups -OCH3 is 1. The fourth-order valence-corrected chi connectivity index (χ4v) is 4.14. The van der Waals surface area contributed by atoms with Crippen molar-refractivity contribution in [2.75, 3.05) is 12.4 Å². The number of ether oxygens (including phenoxy) is 1. The van der Waals surface area contributed by atoms with Gasteiger partial charge in [0.15, 0.2) is 0 Å². The molecule has 0 unspecified atom stereocenters. The van der Waals surface area contributed by atoms with Crippen LogP contribution in [0.25, 0.3) is 10.9 Å². The first-order chi connectivity index (χ1) is 17.0. The number of aromatic nitrogens is 3. The molecule has 11 heteroatoms. The van der Waals surface area contributed by atoms with Crippen LogP contribution in [0.3, 0.4) is 0 Å². The van der Waals surface area contributed by atoms with Crippen molar-refractivity contribution in [3.05, 3.63) is 86.8 Å². The number of rotatable bonds is 5. The lowest BCUT2D eigenvalue weighted by molar-refractivity contribution is -0.141. The number of alkyl halides is 3. The molecule has 0 bridgehead atoms. The van der Waals surface area contributed by atoms with Gasteiger partial charge in [0, 0.05) is 9.86 Å². The van der Waals surface area contributed by atoms with Gasteiger partial charge in [-0.1, -0.05) is 28.1 Å². The zero-order valence-corrected chi connectivity index (χ0v) is 21.0. The topological polar surface area (TPSA) is 86.1 Å². The van der Waals surface area contributed by atoms with Crippen molar-refractivity contribution in [1.82, 2.24) is 14.8 Å². The van der Waals surface area contributed by atoms with Crippen LogP contribution in [0.5, 0.6) is 0 Å². The minimum Gasteiger partial charge on any atom is -0.465 e. The fourth-order valence-electron chi connectivity index (χ4n) is 3.78. The number of nitrogens with zero attached hydrogens (tertiary/aromatic N) is 3. The van der Waals surface area contributed by atoms with Gasteiger partial charge in [-0.15, -0.1) is 0 Å². The molecule has 1 amide bonds. The summed E-state index contributed by atoms with van der Waals surface area (Å²) in [5.74, 6) is -1.15. The molecule has 0 aliphatic carbocycles. The first kappa shape index (κ1) is 25.4. The van der Waals surface area contributed by atoms with Crippen LogP contribution in [0.2, 0.25) is 0 Å². The number of benzene rings is 2. The van der Waals surface area contributed by atoms with E-state index < -0.39 is 23.7 Å². The molecule has 0 spiro atoms. The monoisotopic (exact) mass is 560 g/mol. The number of aryl methyl sites for hydroxylation is 1. The summed E-state index contributed by atoms with van der Waals surface area (Å²) in [4.78, 5) is 28.5. The van der Waals surface area contributed by atoms with Gasteiger partial charge in [-0.2, -0.15) is 18.3 Å². The Morgan fingerprint density at radius 3 is 2.42 bits per heavy atom. The molecule has 0 fully saturated rings. The molecule has 2 aromatic carbocycles. The molecule has 1 N–H and O–H groups in total. The number of pyridine rings is 1. The van der Waals surface area contributed by atoms with E-state index in [1.54, 1.807) is 54.9 Å². The summed E-state index contributed by atoms with van der Waals surface area (Å²) >= 11 is 3.29. The summed E-state index contributed by atoms with van der Waals surface area (Å²) in [5.41, 5.74) is 1.54. The first-order valence-corrected chi connectivity index (χ1v) is 11.5. The van der Waals surface area contributed by atoms with Crippen molar-refractivity contribution in [3.63, 3.8) is 0 Å². The average Bonchev–Trinajstić information content (AvgIpc) is 3.09. The van der Waals surface area contributed by atoms with Gasteiger partial charge >= 0.3 is 12.1 Å². The van der Waals surface area contributed by atoms with Gasteiger partial charge in [0.05, 0.1) is 47.4 Å². The van der Waals surface area contributed by atoms with Crippen LogP contribution < -0.4 is 5.32 Å². The Labute approximate surface area is 212 Å². The SMILES string of the molecule is COC(=O)c1ccc(Cn2nc(C)c(NC(=O)c3cc(C(F)(F)F)nc4ccc(Br)cc34)c2C)cc1. The number of hydrogen-bond donors (Lipinski definition) is 1. The highest BCUT2D eigenvalue weighted by molar-refractivity contribution is 9.10. The number of carbonyl (C=O) groups excluding carboxylic acids is 2. The predicted molar refractivity (Wildman–Crippen MR) is 131 cm³/mol. The van der Waals surface area contributed by atoms with Crippen molar-refractivity contribution in [2.24, 2.45) is 0 Å². The largest absolute Gasteiger partial charge is 0.465 e. The Morgan fingerprint density at radius 1 is 1.08 bits per heavy atom. The zero-order valence-electron chi connectivity index (χ0n) is 19.4. The lowest BCUT2D eigenvalue weighted by atomic mass is 10.1. The Balaban J connectivity index is 1.65. The second-order valence-electron chi connectivity index (χ2n) is 8.06. The highest BCUT2D eigenvalue weighted by Gasteiger charge is 2.34. The highest BCUT2D eigenvalue weighted by atomic mass is 79.9. The fraction of sp³-hybridized carbons (Fsp3) is 0.200. The Hall–Kier alpha value is -3.73. The minimum absolute atomic E-state index is 0.0534. The van der Waals surface area contributed by atoms with E-state index in [4.69, 9.17) is 4.74 Å². The van der Waals surface area contributed by atoms with Crippen LogP contribution in [-0.4, -0.2) is 33.8 Å². The molecule has 2 heterocycles. The third kappa shape index (κ3) is 5.11. The van der Waals surface area contributed by atoms with Crippen LogP contribution in [0.1, 0.15) is 43.4 Å². The maximum absolute atomic E-state index is 13.5. The predicted octanol–water partition coefficient (Wildman–Crippen LogP) is 5.92. The molecule has 4 rings (SSSR count). The normalized spacial score (nSPS) is 11.5. The van der Waals surface area contributed by atoms with Crippen LogP contribution in [-0.2, 0) is 17.5 Å². The van der Waals surface area contributed by atoms with Gasteiger partial charge in [0.1, 0.15) is 5.69 Å². The van der Waals surface area contributed by atoms with Crippen LogP contribution in [0.4, 0.5) is 18.9 Å². The minimum atomic E-state index is -4.71. The lowest BCUT2D eigenvalue weighted by Gasteiger charge is -2.13. The second kappa shape index (κ2) is 9.73. The molecule has 0 aliphatic heterocycles. The van der Waals surface area contributed by atoms with Gasteiger partial charge in [-0.05, 0) is 55.8 Å². The molecule has 186 valence electrons. The van der Waals surface area contributed by atoms with Gasteiger partial charge < -0.3 is 10.1 Å². The Kier molecular flexibility index (Phi) is 6.85. The van der Waals surface area contributed by atoms with Crippen molar-refractivity contribution in [1.29, 1.82) is 0 Å². The van der Waals surface area contributed by atoms with Crippen LogP contribution >= 0.6 is 15.9 Å². The summed E-state index contributed by atoms with van der Waals surface area (Å²) in [6.07, 6.45) is -4.71. The number of carbonyl (C=O) groups is 2. The third-order valence-electron chi connectivity index (χ3n) is 5.63. The third-order valence-corrected chi connectivity index (χ3v) is 6.13. The van der Waals surface area contributed by atoms with Crippen molar-refractivity contribution >= 4 is 44.4 Å². The number of hydrogen-bond acceptors (Lipinski definition) is 5. The molecule has 0 radical (unpaired) electrons. The van der Waals surface area contributed by atoms with Gasteiger partial charge in [0.2, 0.25) is 0 Å². The summed E-state index contributed by atoms with van der Waals surface area (Å²) in [7, 11) is 1.31. The van der Waals surface area contributed by atoms with E-state index >= 15 is 0 Å². The van der Waals surface area contributed by atoms with E-state index in [2.05, 4.69) is 31.3 Å². The molecular formula is C25H20BrF3N4O3. The summed E-state index contributed by atoms with van der Waals surface area (Å²) in [6.45, 7) is 3.80. The maximum Gasteiger partial charge on any atom is 0.433 e. The molecule has 0 aliphatic rings. The number of fused-ring (bicyclic) bond motifs is 1. The second-order valence-corrected chi connectivity index (χ2v) is 8.98. The molecule has 4 aromatic rings. The van der Waals surface area contributed by atoms with E-state index in [1.165, 1.54) is 13.2 Å². The van der Waals surface area contributed by atoms with Gasteiger partial charge in [-0.3, -0.25) is 9.48 Å². The zero-order chi connectivity index (χ0) is 26.2. The molecule has 2 aromatic heterocycles. The Bertz CT molecular complexity index is 1480. The van der Waals surface area contributed by atoms with E-state index in [0.29, 0.717) is 33.7 Å². The number of esters is 1.